The van der Waals surface area contributed by atoms with Crippen LogP contribution in [-0.4, -0.2) is 21.5 Å². The number of hydrogen-bond donors (Lipinski definition) is 1. The third kappa shape index (κ3) is 2.93. The molecule has 3 fully saturated rings. The van der Waals surface area contributed by atoms with Crippen molar-refractivity contribution < 1.29 is 4.79 Å². The van der Waals surface area contributed by atoms with E-state index >= 15 is 0 Å². The number of nitrogens with one attached hydrogen (secondary N) is 1. The highest BCUT2D eigenvalue weighted by atomic mass is 32.2. The Morgan fingerprint density at radius 3 is 2.30 bits per heavy atom. The van der Waals surface area contributed by atoms with Gasteiger partial charge in [0.25, 0.3) is 0 Å². The van der Waals surface area contributed by atoms with Crippen molar-refractivity contribution in [1.82, 2.24) is 0 Å². The number of thioether (sulfide) groups is 2. The molecule has 3 aliphatic rings. The molecular weight excluding hydrogens is 322 g/mol. The maximum absolute atomic E-state index is 12.8. The Morgan fingerprint density at radius 2 is 1.70 bits per heavy atom. The second kappa shape index (κ2) is 6.36. The van der Waals surface area contributed by atoms with Crippen molar-refractivity contribution in [2.24, 2.45) is 17.8 Å². The summed E-state index contributed by atoms with van der Waals surface area (Å²) < 4.78 is 0.457. The van der Waals surface area contributed by atoms with Gasteiger partial charge in [-0.05, 0) is 56.6 Å². The molecule has 124 valence electrons. The summed E-state index contributed by atoms with van der Waals surface area (Å²) in [7, 11) is 0. The lowest BCUT2D eigenvalue weighted by atomic mass is 9.67. The van der Waals surface area contributed by atoms with Gasteiger partial charge in [0.2, 0.25) is 5.91 Å². The lowest BCUT2D eigenvalue weighted by Crippen LogP contribution is -2.48. The Balaban J connectivity index is 1.46. The van der Waals surface area contributed by atoms with Crippen molar-refractivity contribution in [3.63, 3.8) is 0 Å². The number of carbonyl (C=O) groups excluding carboxylic acids is 1. The third-order valence-corrected chi connectivity index (χ3v) is 9.83. The van der Waals surface area contributed by atoms with Crippen molar-refractivity contribution in [2.75, 3.05) is 16.8 Å². The first-order valence-corrected chi connectivity index (χ1v) is 10.8. The van der Waals surface area contributed by atoms with Crippen LogP contribution in [-0.2, 0) is 4.79 Å². The van der Waals surface area contributed by atoms with Gasteiger partial charge in [-0.2, -0.15) is 0 Å². The molecule has 2 nitrogen and oxygen atoms in total. The molecular formula is C19H25NOS2. The zero-order valence-corrected chi connectivity index (χ0v) is 15.3. The Labute approximate surface area is 147 Å². The normalized spacial score (nSPS) is 32.0. The fraction of sp³-hybridized carbons (Fsp3) is 0.632. The topological polar surface area (TPSA) is 29.1 Å². The van der Waals surface area contributed by atoms with Gasteiger partial charge in [-0.25, -0.2) is 0 Å². The van der Waals surface area contributed by atoms with Gasteiger partial charge in [0.1, 0.15) is 0 Å². The van der Waals surface area contributed by atoms with Gasteiger partial charge in [0, 0.05) is 23.1 Å². The average Bonchev–Trinajstić information content (AvgIpc) is 2.99. The van der Waals surface area contributed by atoms with Crippen molar-refractivity contribution in [2.45, 2.75) is 43.1 Å². The van der Waals surface area contributed by atoms with Crippen LogP contribution >= 0.6 is 23.5 Å². The van der Waals surface area contributed by atoms with Gasteiger partial charge in [-0.15, -0.1) is 23.5 Å². The molecule has 1 aromatic carbocycles. The average molecular weight is 348 g/mol. The van der Waals surface area contributed by atoms with E-state index in [1.807, 2.05) is 12.1 Å². The lowest BCUT2D eigenvalue weighted by molar-refractivity contribution is -0.122. The highest BCUT2D eigenvalue weighted by Crippen LogP contribution is 2.64. The maximum Gasteiger partial charge on any atom is 0.227 e. The van der Waals surface area contributed by atoms with E-state index < -0.39 is 0 Å². The van der Waals surface area contributed by atoms with Crippen LogP contribution in [0, 0.1) is 24.7 Å². The van der Waals surface area contributed by atoms with E-state index in [1.54, 1.807) is 0 Å². The minimum absolute atomic E-state index is 0.207. The molecule has 1 N–H and O–H groups in total. The van der Waals surface area contributed by atoms with Crippen molar-refractivity contribution in [1.29, 1.82) is 0 Å². The molecule has 4 heteroatoms. The van der Waals surface area contributed by atoms with Crippen LogP contribution in [0.25, 0.3) is 0 Å². The zero-order valence-electron chi connectivity index (χ0n) is 13.7. The first-order valence-electron chi connectivity index (χ1n) is 8.83. The van der Waals surface area contributed by atoms with Gasteiger partial charge >= 0.3 is 0 Å². The highest BCUT2D eigenvalue weighted by molar-refractivity contribution is 8.21. The van der Waals surface area contributed by atoms with Crippen molar-refractivity contribution in [3.05, 3.63) is 29.8 Å². The largest absolute Gasteiger partial charge is 0.326 e. The monoisotopic (exact) mass is 347 g/mol. The first-order chi connectivity index (χ1) is 11.2. The van der Waals surface area contributed by atoms with E-state index in [9.17, 15) is 4.79 Å². The van der Waals surface area contributed by atoms with E-state index in [0.717, 1.165) is 30.4 Å². The molecule has 2 aliphatic carbocycles. The summed E-state index contributed by atoms with van der Waals surface area (Å²) in [5.74, 6) is 4.53. The molecule has 4 rings (SSSR count). The lowest BCUT2D eigenvalue weighted by Gasteiger charge is -2.52. The summed E-state index contributed by atoms with van der Waals surface area (Å²) >= 11 is 4.42. The van der Waals surface area contributed by atoms with Crippen LogP contribution < -0.4 is 5.32 Å². The second-order valence-corrected chi connectivity index (χ2v) is 10.3. The molecule has 0 radical (unpaired) electrons. The van der Waals surface area contributed by atoms with E-state index in [4.69, 9.17) is 0 Å². The van der Waals surface area contributed by atoms with Crippen molar-refractivity contribution >= 4 is 35.1 Å². The number of amides is 1. The van der Waals surface area contributed by atoms with Gasteiger partial charge in [0.15, 0.2) is 0 Å². The molecule has 1 unspecified atom stereocenters. The van der Waals surface area contributed by atoms with Gasteiger partial charge in [0.05, 0.1) is 4.08 Å². The smallest absolute Gasteiger partial charge is 0.227 e. The molecule has 1 saturated heterocycles. The molecule has 1 aromatic rings. The number of rotatable bonds is 2. The molecule has 1 aliphatic heterocycles. The van der Waals surface area contributed by atoms with Gasteiger partial charge < -0.3 is 5.32 Å². The standard InChI is InChI=1S/C19H25NOS2/c1-13-5-7-17(8-6-13)20-18(21)14-11-15-3-2-4-16(12-14)19(15)22-9-10-23-19/h5-8,14-16H,2-4,9-12H2,1H3,(H,20,21)/t14?,15-,16+. The minimum Gasteiger partial charge on any atom is -0.326 e. The van der Waals surface area contributed by atoms with Crippen LogP contribution in [0.1, 0.15) is 37.7 Å². The molecule has 2 bridgehead atoms. The number of anilines is 1. The molecule has 2 saturated carbocycles. The summed E-state index contributed by atoms with van der Waals surface area (Å²) in [5.41, 5.74) is 2.17. The summed E-state index contributed by atoms with van der Waals surface area (Å²) in [6.07, 6.45) is 6.20. The summed E-state index contributed by atoms with van der Waals surface area (Å²) in [4.78, 5) is 12.8. The van der Waals surface area contributed by atoms with Crippen LogP contribution in [0.4, 0.5) is 5.69 Å². The summed E-state index contributed by atoms with van der Waals surface area (Å²) in [6.45, 7) is 2.07. The number of carbonyl (C=O) groups is 1. The maximum atomic E-state index is 12.8. The second-order valence-electron chi connectivity index (χ2n) is 7.27. The molecule has 1 spiro atoms. The fourth-order valence-corrected chi connectivity index (χ4v) is 8.64. The van der Waals surface area contributed by atoms with Crippen LogP contribution in [0.3, 0.4) is 0 Å². The Morgan fingerprint density at radius 1 is 1.09 bits per heavy atom. The predicted molar refractivity (Wildman–Crippen MR) is 101 cm³/mol. The van der Waals surface area contributed by atoms with E-state index in [-0.39, 0.29) is 11.8 Å². The predicted octanol–water partition coefficient (Wildman–Crippen LogP) is 4.94. The van der Waals surface area contributed by atoms with Gasteiger partial charge in [-0.3, -0.25) is 4.79 Å². The summed E-state index contributed by atoms with van der Waals surface area (Å²) in [5, 5.41) is 3.15. The fourth-order valence-electron chi connectivity index (χ4n) is 4.70. The highest BCUT2D eigenvalue weighted by Gasteiger charge is 2.55. The Hall–Kier alpha value is -0.610. The van der Waals surface area contributed by atoms with Crippen LogP contribution in [0.5, 0.6) is 0 Å². The third-order valence-electron chi connectivity index (χ3n) is 5.81. The Bertz CT molecular complexity index is 564. The van der Waals surface area contributed by atoms with Crippen LogP contribution in [0.15, 0.2) is 24.3 Å². The van der Waals surface area contributed by atoms with E-state index in [2.05, 4.69) is 47.9 Å². The molecule has 23 heavy (non-hydrogen) atoms. The SMILES string of the molecule is Cc1ccc(NC(=O)C2C[C@H]3CCC[C@@H](C2)C32SCCS2)cc1. The first kappa shape index (κ1) is 15.9. The molecule has 1 amide bonds. The number of benzene rings is 1. The number of hydrogen-bond acceptors (Lipinski definition) is 3. The molecule has 3 atom stereocenters. The zero-order chi connectivity index (χ0) is 15.9. The van der Waals surface area contributed by atoms with E-state index in [0.29, 0.717) is 4.08 Å². The Kier molecular flexibility index (Phi) is 4.39. The van der Waals surface area contributed by atoms with Gasteiger partial charge in [-0.1, -0.05) is 24.1 Å². The summed E-state index contributed by atoms with van der Waals surface area (Å²) in [6, 6.07) is 8.15. The minimum atomic E-state index is 0.207. The van der Waals surface area contributed by atoms with Crippen molar-refractivity contribution in [3.8, 4) is 0 Å². The molecule has 1 heterocycles. The molecule has 0 aromatic heterocycles. The van der Waals surface area contributed by atoms with E-state index in [1.165, 1.54) is 36.3 Å². The van der Waals surface area contributed by atoms with Crippen LogP contribution in [0.2, 0.25) is 0 Å². The quantitative estimate of drug-likeness (QED) is 0.822. The number of aryl methyl sites for hydroxylation is 1.